The number of anilines is 1. The summed E-state index contributed by atoms with van der Waals surface area (Å²) in [6.45, 7) is 2.41. The number of nitrogens with zero attached hydrogens (tertiary/aromatic N) is 1. The number of para-hydroxylation sites is 1. The third kappa shape index (κ3) is 3.52. The van der Waals surface area contributed by atoms with Crippen LogP contribution < -0.4 is 14.4 Å². The van der Waals surface area contributed by atoms with Crippen molar-refractivity contribution in [3.8, 4) is 5.75 Å². The van der Waals surface area contributed by atoms with E-state index in [1.807, 2.05) is 18.2 Å². The second-order valence-electron chi connectivity index (χ2n) is 7.39. The first kappa shape index (κ1) is 19.0. The predicted octanol–water partition coefficient (Wildman–Crippen LogP) is 3.03. The first-order valence-corrected chi connectivity index (χ1v) is 11.0. The average molecular weight is 401 g/mol. The zero-order chi connectivity index (χ0) is 19.9. The molecule has 2 aromatic rings. The summed E-state index contributed by atoms with van der Waals surface area (Å²) in [5, 5.41) is 0. The Kier molecular flexibility index (Phi) is 4.89. The SMILES string of the molecule is COc1ccccc1C(C)NS(=O)(=O)c1ccc2c(c1)CCN2C(=O)C1CC1. The van der Waals surface area contributed by atoms with Crippen molar-refractivity contribution in [2.24, 2.45) is 5.92 Å². The number of nitrogens with one attached hydrogen (secondary N) is 1. The first-order valence-electron chi connectivity index (χ1n) is 9.50. The van der Waals surface area contributed by atoms with Crippen LogP contribution in [0.1, 0.15) is 36.9 Å². The first-order chi connectivity index (χ1) is 13.4. The number of ether oxygens (including phenoxy) is 1. The minimum atomic E-state index is -3.70. The number of rotatable bonds is 6. The number of benzene rings is 2. The molecule has 1 atom stereocenters. The van der Waals surface area contributed by atoms with Crippen molar-refractivity contribution in [3.63, 3.8) is 0 Å². The van der Waals surface area contributed by atoms with E-state index in [2.05, 4.69) is 4.72 Å². The summed E-state index contributed by atoms with van der Waals surface area (Å²) in [6.07, 6.45) is 2.60. The Morgan fingerprint density at radius 2 is 1.96 bits per heavy atom. The lowest BCUT2D eigenvalue weighted by Gasteiger charge is -2.19. The van der Waals surface area contributed by atoms with E-state index < -0.39 is 16.1 Å². The van der Waals surface area contributed by atoms with Crippen LogP contribution >= 0.6 is 0 Å². The largest absolute Gasteiger partial charge is 0.496 e. The maximum atomic E-state index is 12.9. The lowest BCUT2D eigenvalue weighted by Crippen LogP contribution is -2.30. The molecule has 0 spiro atoms. The topological polar surface area (TPSA) is 75.7 Å². The molecule has 1 saturated carbocycles. The fourth-order valence-electron chi connectivity index (χ4n) is 3.71. The molecule has 0 aromatic heterocycles. The van der Waals surface area contributed by atoms with Crippen molar-refractivity contribution in [2.75, 3.05) is 18.6 Å². The molecule has 1 unspecified atom stereocenters. The molecule has 1 amide bonds. The summed E-state index contributed by atoms with van der Waals surface area (Å²) in [7, 11) is -2.14. The molecule has 7 heteroatoms. The molecule has 1 fully saturated rings. The Hall–Kier alpha value is -2.38. The van der Waals surface area contributed by atoms with E-state index in [1.165, 1.54) is 0 Å². The monoisotopic (exact) mass is 400 g/mol. The molecule has 0 saturated heterocycles. The molecule has 2 aromatic carbocycles. The van der Waals surface area contributed by atoms with Crippen molar-refractivity contribution in [1.29, 1.82) is 0 Å². The van der Waals surface area contributed by atoms with Crippen molar-refractivity contribution in [2.45, 2.75) is 37.1 Å². The van der Waals surface area contributed by atoms with Crippen LogP contribution in [-0.2, 0) is 21.2 Å². The fraction of sp³-hybridized carbons (Fsp3) is 0.381. The fourth-order valence-corrected chi connectivity index (χ4v) is 4.99. The van der Waals surface area contributed by atoms with Gasteiger partial charge in [0.25, 0.3) is 0 Å². The van der Waals surface area contributed by atoms with Gasteiger partial charge in [-0.3, -0.25) is 4.79 Å². The van der Waals surface area contributed by atoms with Gasteiger partial charge in [0.1, 0.15) is 5.75 Å². The summed E-state index contributed by atoms with van der Waals surface area (Å²) >= 11 is 0. The zero-order valence-electron chi connectivity index (χ0n) is 16.0. The lowest BCUT2D eigenvalue weighted by molar-refractivity contribution is -0.119. The van der Waals surface area contributed by atoms with Gasteiger partial charge in [-0.15, -0.1) is 0 Å². The molecule has 28 heavy (non-hydrogen) atoms. The minimum Gasteiger partial charge on any atom is -0.496 e. The lowest BCUT2D eigenvalue weighted by atomic mass is 10.1. The number of hydrogen-bond donors (Lipinski definition) is 1. The van der Waals surface area contributed by atoms with E-state index in [0.717, 1.165) is 29.7 Å². The van der Waals surface area contributed by atoms with Gasteiger partial charge in [0.15, 0.2) is 0 Å². The summed E-state index contributed by atoms with van der Waals surface area (Å²) in [6, 6.07) is 11.9. The standard InChI is InChI=1S/C21H24N2O4S/c1-14(18-5-3-4-6-20(18)27-2)22-28(25,26)17-9-10-19-16(13-17)11-12-23(19)21(24)15-7-8-15/h3-6,9-10,13-15,22H,7-8,11-12H2,1-2H3. The third-order valence-electron chi connectivity index (χ3n) is 5.39. The van der Waals surface area contributed by atoms with E-state index in [0.29, 0.717) is 18.7 Å². The highest BCUT2D eigenvalue weighted by molar-refractivity contribution is 7.89. The molecule has 6 nitrogen and oxygen atoms in total. The van der Waals surface area contributed by atoms with E-state index in [9.17, 15) is 13.2 Å². The highest BCUT2D eigenvalue weighted by Crippen LogP contribution is 2.37. The van der Waals surface area contributed by atoms with Crippen molar-refractivity contribution < 1.29 is 17.9 Å². The molecule has 1 heterocycles. The number of carbonyl (C=O) groups is 1. The Morgan fingerprint density at radius 1 is 1.21 bits per heavy atom. The quantitative estimate of drug-likeness (QED) is 0.809. The number of sulfonamides is 1. The van der Waals surface area contributed by atoms with Crippen LogP contribution in [0.25, 0.3) is 0 Å². The molecule has 1 aliphatic carbocycles. The van der Waals surface area contributed by atoms with Crippen molar-refractivity contribution >= 4 is 21.6 Å². The smallest absolute Gasteiger partial charge is 0.241 e. The summed E-state index contributed by atoms with van der Waals surface area (Å²) in [5.41, 5.74) is 2.52. The van der Waals surface area contributed by atoms with Gasteiger partial charge in [0.2, 0.25) is 15.9 Å². The Labute approximate surface area is 165 Å². The zero-order valence-corrected chi connectivity index (χ0v) is 16.8. The Morgan fingerprint density at radius 3 is 2.68 bits per heavy atom. The Balaban J connectivity index is 1.56. The maximum absolute atomic E-state index is 12.9. The van der Waals surface area contributed by atoms with Gasteiger partial charge < -0.3 is 9.64 Å². The van der Waals surface area contributed by atoms with Gasteiger partial charge in [-0.2, -0.15) is 0 Å². The highest BCUT2D eigenvalue weighted by Gasteiger charge is 2.36. The number of hydrogen-bond acceptors (Lipinski definition) is 4. The Bertz CT molecular complexity index is 1010. The van der Waals surface area contributed by atoms with Gasteiger partial charge in [-0.1, -0.05) is 18.2 Å². The van der Waals surface area contributed by atoms with E-state index in [4.69, 9.17) is 4.74 Å². The summed E-state index contributed by atoms with van der Waals surface area (Å²) in [4.78, 5) is 14.4. The van der Waals surface area contributed by atoms with Crippen molar-refractivity contribution in [3.05, 3.63) is 53.6 Å². The van der Waals surface area contributed by atoms with Gasteiger partial charge >= 0.3 is 0 Å². The van der Waals surface area contributed by atoms with Crippen LogP contribution in [0.15, 0.2) is 47.4 Å². The van der Waals surface area contributed by atoms with Crippen LogP contribution in [0, 0.1) is 5.92 Å². The van der Waals surface area contributed by atoms with Gasteiger partial charge in [-0.05, 0) is 56.0 Å². The highest BCUT2D eigenvalue weighted by atomic mass is 32.2. The van der Waals surface area contributed by atoms with Crippen LogP contribution in [0.5, 0.6) is 5.75 Å². The van der Waals surface area contributed by atoms with Crippen molar-refractivity contribution in [1.82, 2.24) is 4.72 Å². The van der Waals surface area contributed by atoms with Crippen LogP contribution in [-0.4, -0.2) is 28.0 Å². The average Bonchev–Trinajstić information content (AvgIpc) is 3.46. The molecular formula is C21H24N2O4S. The summed E-state index contributed by atoms with van der Waals surface area (Å²) in [5.74, 6) is 0.955. The van der Waals surface area contributed by atoms with E-state index in [-0.39, 0.29) is 16.7 Å². The summed E-state index contributed by atoms with van der Waals surface area (Å²) < 4.78 is 33.9. The molecule has 1 N–H and O–H groups in total. The van der Waals surface area contributed by atoms with E-state index in [1.54, 1.807) is 43.2 Å². The molecular weight excluding hydrogens is 376 g/mol. The number of methoxy groups -OCH3 is 1. The van der Waals surface area contributed by atoms with Crippen LogP contribution in [0.3, 0.4) is 0 Å². The van der Waals surface area contributed by atoms with Gasteiger partial charge in [0, 0.05) is 29.8 Å². The molecule has 0 bridgehead atoms. The maximum Gasteiger partial charge on any atom is 0.241 e. The number of carbonyl (C=O) groups excluding carboxylic acids is 1. The minimum absolute atomic E-state index is 0.151. The van der Waals surface area contributed by atoms with Crippen LogP contribution in [0.4, 0.5) is 5.69 Å². The van der Waals surface area contributed by atoms with E-state index >= 15 is 0 Å². The van der Waals surface area contributed by atoms with Crippen LogP contribution in [0.2, 0.25) is 0 Å². The number of amides is 1. The van der Waals surface area contributed by atoms with Gasteiger partial charge in [-0.25, -0.2) is 13.1 Å². The predicted molar refractivity (Wildman–Crippen MR) is 107 cm³/mol. The molecule has 2 aliphatic rings. The molecule has 1 aliphatic heterocycles. The second-order valence-corrected chi connectivity index (χ2v) is 9.10. The molecule has 148 valence electrons. The molecule has 0 radical (unpaired) electrons. The molecule has 4 rings (SSSR count). The second kappa shape index (κ2) is 7.22. The normalized spacial score (nSPS) is 17.3. The number of fused-ring (bicyclic) bond motifs is 1. The third-order valence-corrected chi connectivity index (χ3v) is 6.93. The van der Waals surface area contributed by atoms with Gasteiger partial charge in [0.05, 0.1) is 12.0 Å².